The van der Waals surface area contributed by atoms with E-state index in [1.165, 1.54) is 0 Å². The molecule has 0 fully saturated rings. The second kappa shape index (κ2) is 6.60. The van der Waals surface area contributed by atoms with Gasteiger partial charge in [-0.25, -0.2) is 13.6 Å². The van der Waals surface area contributed by atoms with Crippen molar-refractivity contribution in [3.63, 3.8) is 0 Å². The summed E-state index contributed by atoms with van der Waals surface area (Å²) in [6, 6.07) is 0.812. The van der Waals surface area contributed by atoms with E-state index in [9.17, 15) is 23.2 Å². The van der Waals surface area contributed by atoms with E-state index in [0.717, 1.165) is 12.1 Å². The second-order valence-electron chi connectivity index (χ2n) is 3.99. The molecule has 6 nitrogen and oxygen atoms in total. The standard InChI is InChI=1S/C12H12F2N2O4/c13-6-1-2-8(14)7(5-6)11(18)16-9(12(19)20)3-4-10(15)17/h1-2,5,9H,3-4H2,(H2,15,17)(H,16,18)(H,19,20)/t9-/m1/s1. The Bertz CT molecular complexity index is 548. The summed E-state index contributed by atoms with van der Waals surface area (Å²) in [4.78, 5) is 33.2. The molecule has 108 valence electrons. The predicted molar refractivity (Wildman–Crippen MR) is 63.7 cm³/mol. The molecule has 1 atom stereocenters. The number of primary amides is 1. The molecule has 8 heteroatoms. The number of benzene rings is 1. The number of aliphatic carboxylic acids is 1. The van der Waals surface area contributed by atoms with Crippen LogP contribution in [0.2, 0.25) is 0 Å². The van der Waals surface area contributed by atoms with E-state index in [4.69, 9.17) is 10.8 Å². The van der Waals surface area contributed by atoms with Crippen molar-refractivity contribution < 1.29 is 28.3 Å². The minimum atomic E-state index is -1.42. The zero-order valence-corrected chi connectivity index (χ0v) is 10.2. The zero-order valence-electron chi connectivity index (χ0n) is 10.2. The van der Waals surface area contributed by atoms with E-state index in [1.807, 2.05) is 5.32 Å². The summed E-state index contributed by atoms with van der Waals surface area (Å²) in [6.45, 7) is 0. The largest absolute Gasteiger partial charge is 0.480 e. The highest BCUT2D eigenvalue weighted by Gasteiger charge is 2.23. The van der Waals surface area contributed by atoms with Gasteiger partial charge in [0.25, 0.3) is 5.91 Å². The number of rotatable bonds is 6. The van der Waals surface area contributed by atoms with Crippen LogP contribution in [-0.2, 0) is 9.59 Å². The van der Waals surface area contributed by atoms with Gasteiger partial charge in [-0.3, -0.25) is 9.59 Å². The Morgan fingerprint density at radius 3 is 2.50 bits per heavy atom. The number of nitrogens with two attached hydrogens (primary N) is 1. The number of hydrogen-bond donors (Lipinski definition) is 3. The van der Waals surface area contributed by atoms with E-state index in [0.29, 0.717) is 6.07 Å². The van der Waals surface area contributed by atoms with Gasteiger partial charge < -0.3 is 16.2 Å². The molecule has 2 amide bonds. The van der Waals surface area contributed by atoms with E-state index in [1.54, 1.807) is 0 Å². The fourth-order valence-electron chi connectivity index (χ4n) is 1.45. The molecule has 0 heterocycles. The Hall–Kier alpha value is -2.51. The Labute approximate surface area is 112 Å². The van der Waals surface area contributed by atoms with Crippen molar-refractivity contribution in [2.24, 2.45) is 5.73 Å². The van der Waals surface area contributed by atoms with E-state index in [2.05, 4.69) is 0 Å². The number of carbonyl (C=O) groups excluding carboxylic acids is 2. The van der Waals surface area contributed by atoms with Gasteiger partial charge >= 0.3 is 5.97 Å². The number of nitrogens with one attached hydrogen (secondary N) is 1. The van der Waals surface area contributed by atoms with Crippen LogP contribution in [0.25, 0.3) is 0 Å². The lowest BCUT2D eigenvalue weighted by atomic mass is 10.1. The molecule has 0 radical (unpaired) electrons. The van der Waals surface area contributed by atoms with Crippen LogP contribution in [0, 0.1) is 11.6 Å². The quantitative estimate of drug-likeness (QED) is 0.703. The lowest BCUT2D eigenvalue weighted by Crippen LogP contribution is -2.41. The maximum absolute atomic E-state index is 13.3. The minimum absolute atomic E-state index is 0.243. The summed E-state index contributed by atoms with van der Waals surface area (Å²) in [5.41, 5.74) is 4.26. The summed E-state index contributed by atoms with van der Waals surface area (Å²) in [7, 11) is 0. The topological polar surface area (TPSA) is 109 Å². The van der Waals surface area contributed by atoms with Crippen LogP contribution >= 0.6 is 0 Å². The number of halogens is 2. The lowest BCUT2D eigenvalue weighted by Gasteiger charge is -2.14. The SMILES string of the molecule is NC(=O)CC[C@@H](NC(=O)c1cc(F)ccc1F)C(=O)O. The normalized spacial score (nSPS) is 11.7. The van der Waals surface area contributed by atoms with Gasteiger partial charge in [0.15, 0.2) is 0 Å². The average molecular weight is 286 g/mol. The summed E-state index contributed by atoms with van der Waals surface area (Å²) in [5, 5.41) is 10.9. The second-order valence-corrected chi connectivity index (χ2v) is 3.99. The summed E-state index contributed by atoms with van der Waals surface area (Å²) >= 11 is 0. The van der Waals surface area contributed by atoms with Crippen molar-refractivity contribution in [1.29, 1.82) is 0 Å². The van der Waals surface area contributed by atoms with Gasteiger partial charge in [-0.15, -0.1) is 0 Å². The van der Waals surface area contributed by atoms with Crippen molar-refractivity contribution in [1.82, 2.24) is 5.32 Å². The maximum atomic E-state index is 13.3. The molecular formula is C12H12F2N2O4. The Morgan fingerprint density at radius 2 is 1.95 bits per heavy atom. The van der Waals surface area contributed by atoms with Crippen molar-refractivity contribution >= 4 is 17.8 Å². The van der Waals surface area contributed by atoms with Gasteiger partial charge in [-0.1, -0.05) is 0 Å². The van der Waals surface area contributed by atoms with Crippen molar-refractivity contribution in [3.8, 4) is 0 Å². The first kappa shape index (κ1) is 15.5. The molecule has 0 bridgehead atoms. The van der Waals surface area contributed by atoms with Gasteiger partial charge in [0, 0.05) is 6.42 Å². The van der Waals surface area contributed by atoms with Crippen LogP contribution in [0.15, 0.2) is 18.2 Å². The summed E-state index contributed by atoms with van der Waals surface area (Å²) < 4.78 is 26.3. The molecule has 1 aromatic rings. The monoisotopic (exact) mass is 286 g/mol. The van der Waals surface area contributed by atoms with Gasteiger partial charge in [-0.05, 0) is 24.6 Å². The third kappa shape index (κ3) is 4.30. The van der Waals surface area contributed by atoms with Crippen LogP contribution in [0.5, 0.6) is 0 Å². The van der Waals surface area contributed by atoms with Crippen LogP contribution in [0.3, 0.4) is 0 Å². The predicted octanol–water partition coefficient (Wildman–Crippen LogP) is 0.413. The van der Waals surface area contributed by atoms with Crippen molar-refractivity contribution in [3.05, 3.63) is 35.4 Å². The van der Waals surface area contributed by atoms with Crippen molar-refractivity contribution in [2.75, 3.05) is 0 Å². The van der Waals surface area contributed by atoms with Crippen LogP contribution in [0.1, 0.15) is 23.2 Å². The first-order valence-corrected chi connectivity index (χ1v) is 5.58. The highest BCUT2D eigenvalue weighted by atomic mass is 19.1. The van der Waals surface area contributed by atoms with Gasteiger partial charge in [-0.2, -0.15) is 0 Å². The molecule has 0 aliphatic heterocycles. The fraction of sp³-hybridized carbons (Fsp3) is 0.250. The first-order chi connectivity index (χ1) is 9.31. The summed E-state index contributed by atoms with van der Waals surface area (Å²) in [5.74, 6) is -5.04. The molecular weight excluding hydrogens is 274 g/mol. The third-order valence-electron chi connectivity index (χ3n) is 2.46. The van der Waals surface area contributed by atoms with Gasteiger partial charge in [0.1, 0.15) is 17.7 Å². The number of carbonyl (C=O) groups is 3. The lowest BCUT2D eigenvalue weighted by molar-refractivity contribution is -0.139. The molecule has 1 rings (SSSR count). The molecule has 1 aromatic carbocycles. The molecule has 0 unspecified atom stereocenters. The van der Waals surface area contributed by atoms with Crippen LogP contribution < -0.4 is 11.1 Å². The zero-order chi connectivity index (χ0) is 15.3. The minimum Gasteiger partial charge on any atom is -0.480 e. The molecule has 0 saturated heterocycles. The number of amides is 2. The Balaban J connectivity index is 2.82. The van der Waals surface area contributed by atoms with Crippen LogP contribution in [-0.4, -0.2) is 28.9 Å². The van der Waals surface area contributed by atoms with Gasteiger partial charge in [0.2, 0.25) is 5.91 Å². The van der Waals surface area contributed by atoms with Crippen LogP contribution in [0.4, 0.5) is 8.78 Å². The first-order valence-electron chi connectivity index (χ1n) is 5.58. The number of carboxylic acids is 1. The Kier molecular flexibility index (Phi) is 5.13. The average Bonchev–Trinajstić information content (AvgIpc) is 2.36. The number of hydrogen-bond acceptors (Lipinski definition) is 3. The number of carboxylic acid groups (broad SMARTS) is 1. The van der Waals surface area contributed by atoms with Gasteiger partial charge in [0.05, 0.1) is 5.56 Å². The summed E-state index contributed by atoms with van der Waals surface area (Å²) in [6.07, 6.45) is -0.504. The molecule has 4 N–H and O–H groups in total. The van der Waals surface area contributed by atoms with E-state index >= 15 is 0 Å². The fourth-order valence-corrected chi connectivity index (χ4v) is 1.45. The molecule has 0 spiro atoms. The third-order valence-corrected chi connectivity index (χ3v) is 2.46. The highest BCUT2D eigenvalue weighted by molar-refractivity contribution is 5.96. The molecule has 0 aliphatic carbocycles. The Morgan fingerprint density at radius 1 is 1.30 bits per heavy atom. The maximum Gasteiger partial charge on any atom is 0.326 e. The molecule has 0 aromatic heterocycles. The highest BCUT2D eigenvalue weighted by Crippen LogP contribution is 2.10. The van der Waals surface area contributed by atoms with Crippen molar-refractivity contribution in [2.45, 2.75) is 18.9 Å². The van der Waals surface area contributed by atoms with E-state index in [-0.39, 0.29) is 12.8 Å². The molecule has 0 saturated carbocycles. The smallest absolute Gasteiger partial charge is 0.326 e. The van der Waals surface area contributed by atoms with E-state index < -0.39 is 41.0 Å². The molecule has 20 heavy (non-hydrogen) atoms. The molecule has 0 aliphatic rings.